The highest BCUT2D eigenvalue weighted by Crippen LogP contribution is 2.43. The van der Waals surface area contributed by atoms with Crippen molar-refractivity contribution in [2.75, 3.05) is 21.3 Å². The second-order valence-corrected chi connectivity index (χ2v) is 3.78. The number of para-hydroxylation sites is 1. The fourth-order valence-electron chi connectivity index (χ4n) is 1.68. The number of methoxy groups -OCH3 is 3. The third-order valence-corrected chi connectivity index (χ3v) is 2.63. The van der Waals surface area contributed by atoms with E-state index >= 15 is 0 Å². The van der Waals surface area contributed by atoms with Crippen molar-refractivity contribution in [2.24, 2.45) is 0 Å². The lowest BCUT2D eigenvalue weighted by Crippen LogP contribution is -1.96. The Morgan fingerprint density at radius 1 is 0.684 bits per heavy atom. The van der Waals surface area contributed by atoms with E-state index in [1.807, 2.05) is 30.3 Å². The SMILES string of the molecule is COc1cc(OC)c(Oc2ccccc2)c(OC)c1. The van der Waals surface area contributed by atoms with Gasteiger partial charge in [0.1, 0.15) is 11.5 Å². The molecule has 0 aliphatic heterocycles. The van der Waals surface area contributed by atoms with Gasteiger partial charge in [0.2, 0.25) is 5.75 Å². The number of hydrogen-bond donors (Lipinski definition) is 0. The summed E-state index contributed by atoms with van der Waals surface area (Å²) >= 11 is 0. The molecule has 4 heteroatoms. The van der Waals surface area contributed by atoms with Crippen LogP contribution in [0, 0.1) is 0 Å². The summed E-state index contributed by atoms with van der Waals surface area (Å²) in [6.07, 6.45) is 0. The van der Waals surface area contributed by atoms with Gasteiger partial charge in [-0.05, 0) is 12.1 Å². The van der Waals surface area contributed by atoms with Crippen LogP contribution in [0.1, 0.15) is 0 Å². The van der Waals surface area contributed by atoms with Crippen molar-refractivity contribution in [1.82, 2.24) is 0 Å². The van der Waals surface area contributed by atoms with Crippen LogP contribution in [0.5, 0.6) is 28.7 Å². The molecule has 0 aliphatic carbocycles. The van der Waals surface area contributed by atoms with E-state index in [4.69, 9.17) is 18.9 Å². The predicted molar refractivity (Wildman–Crippen MR) is 72.6 cm³/mol. The van der Waals surface area contributed by atoms with Crippen LogP contribution in [0.15, 0.2) is 42.5 Å². The summed E-state index contributed by atoms with van der Waals surface area (Å²) in [4.78, 5) is 0. The Hall–Kier alpha value is -2.36. The number of rotatable bonds is 5. The molecule has 100 valence electrons. The van der Waals surface area contributed by atoms with Gasteiger partial charge in [-0.2, -0.15) is 0 Å². The van der Waals surface area contributed by atoms with Crippen LogP contribution in [0.25, 0.3) is 0 Å². The van der Waals surface area contributed by atoms with Crippen LogP contribution < -0.4 is 18.9 Å². The highest BCUT2D eigenvalue weighted by Gasteiger charge is 2.15. The first kappa shape index (κ1) is 13.1. The van der Waals surface area contributed by atoms with Gasteiger partial charge in [0.05, 0.1) is 21.3 Å². The number of benzene rings is 2. The second-order valence-electron chi connectivity index (χ2n) is 3.78. The lowest BCUT2D eigenvalue weighted by atomic mass is 10.2. The van der Waals surface area contributed by atoms with Gasteiger partial charge in [-0.25, -0.2) is 0 Å². The Morgan fingerprint density at radius 2 is 1.26 bits per heavy atom. The zero-order chi connectivity index (χ0) is 13.7. The smallest absolute Gasteiger partial charge is 0.211 e. The number of hydrogen-bond acceptors (Lipinski definition) is 4. The molecule has 0 spiro atoms. The lowest BCUT2D eigenvalue weighted by molar-refractivity contribution is 0.337. The van der Waals surface area contributed by atoms with Gasteiger partial charge in [0, 0.05) is 12.1 Å². The van der Waals surface area contributed by atoms with Crippen molar-refractivity contribution in [3.63, 3.8) is 0 Å². The molecule has 0 bridgehead atoms. The normalized spacial score (nSPS) is 9.84. The summed E-state index contributed by atoms with van der Waals surface area (Å²) in [6.45, 7) is 0. The zero-order valence-corrected chi connectivity index (χ0v) is 11.2. The molecule has 0 N–H and O–H groups in total. The molecule has 0 fully saturated rings. The van der Waals surface area contributed by atoms with Crippen LogP contribution in [-0.4, -0.2) is 21.3 Å². The van der Waals surface area contributed by atoms with Crippen LogP contribution in [0.4, 0.5) is 0 Å². The highest BCUT2D eigenvalue weighted by molar-refractivity contribution is 5.57. The molecule has 2 aromatic rings. The molecule has 0 amide bonds. The van der Waals surface area contributed by atoms with Crippen LogP contribution >= 0.6 is 0 Å². The quantitative estimate of drug-likeness (QED) is 0.824. The van der Waals surface area contributed by atoms with E-state index in [0.717, 1.165) is 0 Å². The molecule has 0 saturated carbocycles. The van der Waals surface area contributed by atoms with Crippen molar-refractivity contribution in [1.29, 1.82) is 0 Å². The number of ether oxygens (including phenoxy) is 4. The summed E-state index contributed by atoms with van der Waals surface area (Å²) in [5, 5.41) is 0. The minimum atomic E-state index is 0.525. The molecule has 0 unspecified atom stereocenters. The van der Waals surface area contributed by atoms with E-state index in [1.165, 1.54) is 0 Å². The zero-order valence-electron chi connectivity index (χ0n) is 11.2. The first-order valence-corrected chi connectivity index (χ1v) is 5.81. The lowest BCUT2D eigenvalue weighted by Gasteiger charge is -2.15. The van der Waals surface area contributed by atoms with E-state index in [1.54, 1.807) is 33.5 Å². The average molecular weight is 260 g/mol. The Balaban J connectivity index is 2.42. The standard InChI is InChI=1S/C15H16O4/c1-16-12-9-13(17-2)15(14(10-12)18-3)19-11-7-5-4-6-8-11/h4-10H,1-3H3. The molecule has 0 aliphatic rings. The molecule has 2 aromatic carbocycles. The first-order chi connectivity index (χ1) is 9.28. The summed E-state index contributed by atoms with van der Waals surface area (Å²) in [6, 6.07) is 13.0. The Kier molecular flexibility index (Phi) is 4.13. The van der Waals surface area contributed by atoms with E-state index in [-0.39, 0.29) is 0 Å². The minimum absolute atomic E-state index is 0.525. The Bertz CT molecular complexity index is 512. The van der Waals surface area contributed by atoms with Gasteiger partial charge in [-0.3, -0.25) is 0 Å². The molecule has 0 saturated heterocycles. The molecular formula is C15H16O4. The van der Waals surface area contributed by atoms with Crippen molar-refractivity contribution in [3.05, 3.63) is 42.5 Å². The molecule has 0 heterocycles. The molecule has 4 nitrogen and oxygen atoms in total. The van der Waals surface area contributed by atoms with Crippen LogP contribution in [-0.2, 0) is 0 Å². The summed E-state index contributed by atoms with van der Waals surface area (Å²) in [5.74, 6) is 3.00. The summed E-state index contributed by atoms with van der Waals surface area (Å²) in [5.41, 5.74) is 0. The van der Waals surface area contributed by atoms with Gasteiger partial charge in [0.25, 0.3) is 0 Å². The Morgan fingerprint density at radius 3 is 1.74 bits per heavy atom. The first-order valence-electron chi connectivity index (χ1n) is 5.81. The fourth-order valence-corrected chi connectivity index (χ4v) is 1.68. The molecule has 2 rings (SSSR count). The molecule has 0 aromatic heterocycles. The van der Waals surface area contributed by atoms with Crippen molar-refractivity contribution < 1.29 is 18.9 Å². The topological polar surface area (TPSA) is 36.9 Å². The molecule has 19 heavy (non-hydrogen) atoms. The van der Waals surface area contributed by atoms with Crippen molar-refractivity contribution >= 4 is 0 Å². The minimum Gasteiger partial charge on any atom is -0.496 e. The third-order valence-electron chi connectivity index (χ3n) is 2.63. The molecule has 0 atom stereocenters. The van der Waals surface area contributed by atoms with E-state index in [0.29, 0.717) is 28.7 Å². The predicted octanol–water partition coefficient (Wildman–Crippen LogP) is 3.50. The van der Waals surface area contributed by atoms with E-state index in [9.17, 15) is 0 Å². The maximum atomic E-state index is 5.82. The van der Waals surface area contributed by atoms with Crippen LogP contribution in [0.2, 0.25) is 0 Å². The van der Waals surface area contributed by atoms with E-state index in [2.05, 4.69) is 0 Å². The summed E-state index contributed by atoms with van der Waals surface area (Å²) < 4.78 is 21.6. The average Bonchev–Trinajstić information content (AvgIpc) is 2.48. The molecule has 0 radical (unpaired) electrons. The Labute approximate surface area is 112 Å². The third kappa shape index (κ3) is 2.91. The summed E-state index contributed by atoms with van der Waals surface area (Å²) in [7, 11) is 4.74. The fraction of sp³-hybridized carbons (Fsp3) is 0.200. The van der Waals surface area contributed by atoms with Gasteiger partial charge in [-0.15, -0.1) is 0 Å². The monoisotopic (exact) mass is 260 g/mol. The van der Waals surface area contributed by atoms with Crippen molar-refractivity contribution in [3.8, 4) is 28.7 Å². The van der Waals surface area contributed by atoms with Crippen LogP contribution in [0.3, 0.4) is 0 Å². The maximum Gasteiger partial charge on any atom is 0.211 e. The van der Waals surface area contributed by atoms with Gasteiger partial charge < -0.3 is 18.9 Å². The maximum absolute atomic E-state index is 5.82. The highest BCUT2D eigenvalue weighted by atomic mass is 16.5. The second kappa shape index (κ2) is 6.00. The van der Waals surface area contributed by atoms with Gasteiger partial charge in [-0.1, -0.05) is 18.2 Å². The van der Waals surface area contributed by atoms with Gasteiger partial charge >= 0.3 is 0 Å². The van der Waals surface area contributed by atoms with Crippen molar-refractivity contribution in [2.45, 2.75) is 0 Å². The van der Waals surface area contributed by atoms with Gasteiger partial charge in [0.15, 0.2) is 11.5 Å². The van der Waals surface area contributed by atoms with E-state index < -0.39 is 0 Å². The molecular weight excluding hydrogens is 244 g/mol. The largest absolute Gasteiger partial charge is 0.496 e.